The lowest BCUT2D eigenvalue weighted by Crippen LogP contribution is -2.50. The summed E-state index contributed by atoms with van der Waals surface area (Å²) < 4.78 is 5.51. The van der Waals surface area contributed by atoms with Crippen molar-refractivity contribution in [1.29, 1.82) is 0 Å². The van der Waals surface area contributed by atoms with Crippen molar-refractivity contribution in [3.05, 3.63) is 21.9 Å². The van der Waals surface area contributed by atoms with E-state index in [2.05, 4.69) is 23.0 Å². The zero-order chi connectivity index (χ0) is 15.5. The van der Waals surface area contributed by atoms with Crippen LogP contribution in [-0.4, -0.2) is 47.9 Å². The van der Waals surface area contributed by atoms with E-state index < -0.39 is 0 Å². The summed E-state index contributed by atoms with van der Waals surface area (Å²) in [6.45, 7) is 4.57. The smallest absolute Gasteiger partial charge is 0.317 e. The highest BCUT2D eigenvalue weighted by Gasteiger charge is 2.39. The summed E-state index contributed by atoms with van der Waals surface area (Å²) in [4.78, 5) is 14.4. The second-order valence-corrected chi connectivity index (χ2v) is 6.98. The van der Waals surface area contributed by atoms with E-state index in [1.807, 2.05) is 4.90 Å². The predicted octanol–water partition coefficient (Wildman–Crippen LogP) is 2.13. The lowest BCUT2D eigenvalue weighted by atomic mass is 9.89. The van der Waals surface area contributed by atoms with Gasteiger partial charge < -0.3 is 20.1 Å². The first-order chi connectivity index (χ1) is 10.7. The quantitative estimate of drug-likeness (QED) is 0.895. The van der Waals surface area contributed by atoms with Gasteiger partial charge >= 0.3 is 6.03 Å². The molecule has 122 valence electrons. The molecule has 5 nitrogen and oxygen atoms in total. The SMILES string of the molecule is Cc1cscc1CNC(=O)N1CCC[C@@H]1[C@H]1COCC[C@@H]1O. The number of aryl methyl sites for hydroxylation is 1. The number of hydrogen-bond donors (Lipinski definition) is 2. The number of amides is 2. The number of aliphatic hydroxyl groups excluding tert-OH is 1. The molecule has 3 atom stereocenters. The van der Waals surface area contributed by atoms with Crippen molar-refractivity contribution >= 4 is 17.4 Å². The van der Waals surface area contributed by atoms with Gasteiger partial charge in [-0.25, -0.2) is 4.79 Å². The molecule has 2 fully saturated rings. The Morgan fingerprint density at radius 3 is 3.09 bits per heavy atom. The van der Waals surface area contributed by atoms with E-state index in [1.165, 1.54) is 11.1 Å². The van der Waals surface area contributed by atoms with E-state index in [0.29, 0.717) is 26.2 Å². The fraction of sp³-hybridized carbons (Fsp3) is 0.688. The number of nitrogens with one attached hydrogen (secondary N) is 1. The summed E-state index contributed by atoms with van der Waals surface area (Å²) in [7, 11) is 0. The van der Waals surface area contributed by atoms with Crippen molar-refractivity contribution in [2.75, 3.05) is 19.8 Å². The van der Waals surface area contributed by atoms with Gasteiger partial charge in [0, 0.05) is 31.7 Å². The summed E-state index contributed by atoms with van der Waals surface area (Å²) in [5.41, 5.74) is 2.40. The zero-order valence-electron chi connectivity index (χ0n) is 13.0. The molecule has 1 aromatic rings. The average Bonchev–Trinajstić information content (AvgIpc) is 3.14. The van der Waals surface area contributed by atoms with Gasteiger partial charge in [0.2, 0.25) is 0 Å². The number of carbonyl (C=O) groups is 1. The Labute approximate surface area is 135 Å². The van der Waals surface area contributed by atoms with E-state index in [-0.39, 0.29) is 24.1 Å². The number of likely N-dealkylation sites (tertiary alicyclic amines) is 1. The summed E-state index contributed by atoms with van der Waals surface area (Å²) >= 11 is 1.66. The fourth-order valence-electron chi connectivity index (χ4n) is 3.45. The van der Waals surface area contributed by atoms with Crippen LogP contribution in [0.25, 0.3) is 0 Å². The van der Waals surface area contributed by atoms with Crippen LogP contribution in [0.4, 0.5) is 4.79 Å². The third kappa shape index (κ3) is 3.29. The maximum atomic E-state index is 12.5. The van der Waals surface area contributed by atoms with E-state index in [9.17, 15) is 9.90 Å². The van der Waals surface area contributed by atoms with Crippen molar-refractivity contribution in [2.24, 2.45) is 5.92 Å². The molecule has 2 aliphatic heterocycles. The molecule has 2 saturated heterocycles. The van der Waals surface area contributed by atoms with Crippen LogP contribution in [0.2, 0.25) is 0 Å². The number of carbonyl (C=O) groups excluding carboxylic acids is 1. The Hall–Kier alpha value is -1.11. The van der Waals surface area contributed by atoms with Crippen molar-refractivity contribution in [3.63, 3.8) is 0 Å². The molecule has 22 heavy (non-hydrogen) atoms. The van der Waals surface area contributed by atoms with Crippen LogP contribution in [0.1, 0.15) is 30.4 Å². The normalized spacial score (nSPS) is 28.8. The highest BCUT2D eigenvalue weighted by atomic mass is 32.1. The molecule has 0 bridgehead atoms. The highest BCUT2D eigenvalue weighted by molar-refractivity contribution is 7.08. The van der Waals surface area contributed by atoms with Gasteiger partial charge in [-0.15, -0.1) is 0 Å². The molecule has 3 rings (SSSR count). The Morgan fingerprint density at radius 2 is 2.36 bits per heavy atom. The molecular formula is C16H24N2O3S. The predicted molar refractivity (Wildman–Crippen MR) is 86.0 cm³/mol. The van der Waals surface area contributed by atoms with Crippen molar-refractivity contribution in [2.45, 2.75) is 44.9 Å². The van der Waals surface area contributed by atoms with Gasteiger partial charge in [0.15, 0.2) is 0 Å². The van der Waals surface area contributed by atoms with Gasteiger partial charge in [0.1, 0.15) is 0 Å². The first-order valence-corrected chi connectivity index (χ1v) is 8.93. The second kappa shape index (κ2) is 6.98. The first-order valence-electron chi connectivity index (χ1n) is 7.98. The van der Waals surface area contributed by atoms with Crippen LogP contribution in [0.3, 0.4) is 0 Å². The van der Waals surface area contributed by atoms with Crippen LogP contribution in [0, 0.1) is 12.8 Å². The Bertz CT molecular complexity index is 519. The fourth-order valence-corrected chi connectivity index (χ4v) is 4.30. The third-order valence-electron chi connectivity index (χ3n) is 4.81. The van der Waals surface area contributed by atoms with Crippen LogP contribution >= 0.6 is 11.3 Å². The number of nitrogens with zero attached hydrogens (tertiary/aromatic N) is 1. The van der Waals surface area contributed by atoms with Gasteiger partial charge in [-0.2, -0.15) is 11.3 Å². The van der Waals surface area contributed by atoms with Gasteiger partial charge in [-0.3, -0.25) is 0 Å². The average molecular weight is 324 g/mol. The third-order valence-corrected chi connectivity index (χ3v) is 5.72. The number of hydrogen-bond acceptors (Lipinski definition) is 4. The molecule has 0 aromatic carbocycles. The van der Waals surface area contributed by atoms with Crippen LogP contribution < -0.4 is 5.32 Å². The summed E-state index contributed by atoms with van der Waals surface area (Å²) in [5.74, 6) is 0.0462. The van der Waals surface area contributed by atoms with Crippen LogP contribution in [0.15, 0.2) is 10.8 Å². The largest absolute Gasteiger partial charge is 0.393 e. The van der Waals surface area contributed by atoms with Crippen molar-refractivity contribution in [1.82, 2.24) is 10.2 Å². The molecule has 1 aromatic heterocycles. The number of rotatable bonds is 3. The van der Waals surface area contributed by atoms with E-state index in [1.54, 1.807) is 11.3 Å². The molecule has 0 aliphatic carbocycles. The molecule has 0 radical (unpaired) electrons. The summed E-state index contributed by atoms with van der Waals surface area (Å²) in [5, 5.41) is 17.4. The Balaban J connectivity index is 1.60. The van der Waals surface area contributed by atoms with E-state index in [4.69, 9.17) is 4.74 Å². The zero-order valence-corrected chi connectivity index (χ0v) is 13.8. The molecule has 2 amide bonds. The monoisotopic (exact) mass is 324 g/mol. The number of thiophene rings is 1. The lowest BCUT2D eigenvalue weighted by Gasteiger charge is -2.36. The maximum absolute atomic E-state index is 12.5. The number of urea groups is 1. The molecule has 6 heteroatoms. The minimum atomic E-state index is -0.355. The van der Waals surface area contributed by atoms with Crippen molar-refractivity contribution < 1.29 is 14.6 Å². The molecule has 2 N–H and O–H groups in total. The van der Waals surface area contributed by atoms with Gasteiger partial charge in [-0.05, 0) is 48.1 Å². The highest BCUT2D eigenvalue weighted by Crippen LogP contribution is 2.29. The van der Waals surface area contributed by atoms with E-state index >= 15 is 0 Å². The van der Waals surface area contributed by atoms with Gasteiger partial charge in [0.25, 0.3) is 0 Å². The number of ether oxygens (including phenoxy) is 1. The molecular weight excluding hydrogens is 300 g/mol. The Morgan fingerprint density at radius 1 is 1.50 bits per heavy atom. The van der Waals surface area contributed by atoms with Crippen LogP contribution in [-0.2, 0) is 11.3 Å². The lowest BCUT2D eigenvalue weighted by molar-refractivity contribution is -0.0576. The molecule has 0 unspecified atom stereocenters. The van der Waals surface area contributed by atoms with E-state index in [0.717, 1.165) is 19.4 Å². The molecule has 0 saturated carbocycles. The van der Waals surface area contributed by atoms with Gasteiger partial charge in [0.05, 0.1) is 12.7 Å². The standard InChI is InChI=1S/C16H24N2O3S/c1-11-9-22-10-12(11)7-17-16(20)18-5-2-3-14(18)13-8-21-6-4-15(13)19/h9-10,13-15,19H,2-8H2,1H3,(H,17,20)/t13-,14-,15+/m1/s1. The molecule has 3 heterocycles. The van der Waals surface area contributed by atoms with Gasteiger partial charge in [-0.1, -0.05) is 0 Å². The van der Waals surface area contributed by atoms with Crippen LogP contribution in [0.5, 0.6) is 0 Å². The minimum absolute atomic E-state index is 0.0223. The topological polar surface area (TPSA) is 61.8 Å². The first kappa shape index (κ1) is 15.8. The molecule has 0 spiro atoms. The summed E-state index contributed by atoms with van der Waals surface area (Å²) in [6, 6.07) is 0.0738. The molecule has 2 aliphatic rings. The minimum Gasteiger partial charge on any atom is -0.393 e. The maximum Gasteiger partial charge on any atom is 0.317 e. The van der Waals surface area contributed by atoms with Crippen molar-refractivity contribution in [3.8, 4) is 0 Å². The second-order valence-electron chi connectivity index (χ2n) is 6.24. The Kier molecular flexibility index (Phi) is 5.00. The summed E-state index contributed by atoms with van der Waals surface area (Å²) in [6.07, 6.45) is 2.27. The number of aliphatic hydroxyl groups is 1.